The second kappa shape index (κ2) is 5.35. The zero-order valence-electron chi connectivity index (χ0n) is 9.89. The van der Waals surface area contributed by atoms with Gasteiger partial charge < -0.3 is 10.0 Å². The molecule has 0 spiro atoms. The molecule has 6 heteroatoms. The minimum Gasteiger partial charge on any atom is -0.480 e. The number of piperidine rings is 1. The van der Waals surface area contributed by atoms with Crippen molar-refractivity contribution in [2.24, 2.45) is 0 Å². The Morgan fingerprint density at radius 1 is 1.06 bits per heavy atom. The Morgan fingerprint density at radius 3 is 2.41 bits per heavy atom. The maximum Gasteiger partial charge on any atom is 0.332 e. The van der Waals surface area contributed by atoms with Gasteiger partial charge in [-0.1, -0.05) is 6.42 Å². The van der Waals surface area contributed by atoms with Gasteiger partial charge in [-0.25, -0.2) is 14.6 Å². The molecule has 6 nitrogen and oxygen atoms in total. The van der Waals surface area contributed by atoms with Gasteiger partial charge in [-0.05, 0) is 25.7 Å². The normalized spacial score (nSPS) is 25.9. The Bertz CT molecular complexity index is 302. The molecule has 0 bridgehead atoms. The SMILES string of the molecule is O=C(O)[C@@H]1CCCN1C(=O)NN1CCCCC1. The number of rotatable bonds is 2. The highest BCUT2D eigenvalue weighted by Gasteiger charge is 2.34. The molecule has 2 amide bonds. The largest absolute Gasteiger partial charge is 0.480 e. The summed E-state index contributed by atoms with van der Waals surface area (Å²) in [4.78, 5) is 24.3. The highest BCUT2D eigenvalue weighted by atomic mass is 16.4. The molecule has 1 atom stereocenters. The molecular weight excluding hydrogens is 222 g/mol. The summed E-state index contributed by atoms with van der Waals surface area (Å²) < 4.78 is 0. The topological polar surface area (TPSA) is 72.9 Å². The Labute approximate surface area is 101 Å². The van der Waals surface area contributed by atoms with Crippen LogP contribution in [-0.4, -0.2) is 52.7 Å². The molecule has 2 N–H and O–H groups in total. The Hall–Kier alpha value is -1.30. The molecule has 2 heterocycles. The maximum absolute atomic E-state index is 11.9. The van der Waals surface area contributed by atoms with Crippen molar-refractivity contribution >= 4 is 12.0 Å². The van der Waals surface area contributed by atoms with Gasteiger partial charge in [0.15, 0.2) is 0 Å². The second-order valence-corrected chi connectivity index (χ2v) is 4.65. The maximum atomic E-state index is 11.9. The fraction of sp³-hybridized carbons (Fsp3) is 0.818. The number of carbonyl (C=O) groups excluding carboxylic acids is 1. The first-order valence-corrected chi connectivity index (χ1v) is 6.23. The molecule has 0 radical (unpaired) electrons. The number of nitrogens with zero attached hydrogens (tertiary/aromatic N) is 2. The number of urea groups is 1. The van der Waals surface area contributed by atoms with Crippen LogP contribution >= 0.6 is 0 Å². The quantitative estimate of drug-likeness (QED) is 0.744. The van der Waals surface area contributed by atoms with Gasteiger partial charge in [0.1, 0.15) is 6.04 Å². The van der Waals surface area contributed by atoms with Crippen LogP contribution in [0.4, 0.5) is 4.79 Å². The van der Waals surface area contributed by atoms with Crippen LogP contribution in [-0.2, 0) is 4.79 Å². The molecule has 96 valence electrons. The predicted molar refractivity (Wildman–Crippen MR) is 61.3 cm³/mol. The van der Waals surface area contributed by atoms with Crippen molar-refractivity contribution in [1.29, 1.82) is 0 Å². The number of carbonyl (C=O) groups is 2. The molecular formula is C11H19N3O3. The lowest BCUT2D eigenvalue weighted by Crippen LogP contribution is -2.53. The van der Waals surface area contributed by atoms with Crippen LogP contribution in [0, 0.1) is 0 Å². The van der Waals surface area contributed by atoms with Crippen molar-refractivity contribution in [3.63, 3.8) is 0 Å². The molecule has 2 aliphatic heterocycles. The van der Waals surface area contributed by atoms with Gasteiger partial charge in [0.2, 0.25) is 0 Å². The molecule has 0 aromatic heterocycles. The molecule has 0 aromatic carbocycles. The molecule has 0 unspecified atom stereocenters. The molecule has 2 saturated heterocycles. The summed E-state index contributed by atoms with van der Waals surface area (Å²) in [6.45, 7) is 2.26. The molecule has 0 saturated carbocycles. The summed E-state index contributed by atoms with van der Waals surface area (Å²) in [5.74, 6) is -0.906. The van der Waals surface area contributed by atoms with Gasteiger partial charge in [0.05, 0.1) is 0 Å². The van der Waals surface area contributed by atoms with E-state index in [0.717, 1.165) is 32.4 Å². The smallest absolute Gasteiger partial charge is 0.332 e. The fourth-order valence-corrected chi connectivity index (χ4v) is 2.47. The average Bonchev–Trinajstić information content (AvgIpc) is 2.79. The summed E-state index contributed by atoms with van der Waals surface area (Å²) in [6.07, 6.45) is 4.70. The number of carboxylic acids is 1. The predicted octanol–water partition coefficient (Wildman–Crippen LogP) is 0.646. The van der Waals surface area contributed by atoms with Gasteiger partial charge in [0.25, 0.3) is 0 Å². The standard InChI is InChI=1S/C11H19N3O3/c15-10(16)9-5-4-8-14(9)11(17)12-13-6-2-1-3-7-13/h9H,1-8H2,(H,12,17)(H,15,16)/t9-/m0/s1. The average molecular weight is 241 g/mol. The van der Waals surface area contributed by atoms with E-state index in [2.05, 4.69) is 5.43 Å². The number of carboxylic acid groups (broad SMARTS) is 1. The second-order valence-electron chi connectivity index (χ2n) is 4.65. The van der Waals surface area contributed by atoms with Gasteiger partial charge >= 0.3 is 12.0 Å². The van der Waals surface area contributed by atoms with Gasteiger partial charge in [-0.15, -0.1) is 0 Å². The highest BCUT2D eigenvalue weighted by Crippen LogP contribution is 2.17. The van der Waals surface area contributed by atoms with E-state index in [1.807, 2.05) is 5.01 Å². The monoisotopic (exact) mass is 241 g/mol. The molecule has 0 aliphatic carbocycles. The van der Waals surface area contributed by atoms with Crippen LogP contribution < -0.4 is 5.43 Å². The number of hydrazine groups is 1. The number of aliphatic carboxylic acids is 1. The van der Waals surface area contributed by atoms with E-state index in [9.17, 15) is 9.59 Å². The van der Waals surface area contributed by atoms with E-state index in [1.54, 1.807) is 0 Å². The van der Waals surface area contributed by atoms with E-state index in [1.165, 1.54) is 11.3 Å². The number of hydrogen-bond acceptors (Lipinski definition) is 3. The van der Waals surface area contributed by atoms with Gasteiger partial charge in [-0.2, -0.15) is 0 Å². The van der Waals surface area contributed by atoms with Crippen molar-refractivity contribution in [3.05, 3.63) is 0 Å². The third kappa shape index (κ3) is 2.88. The summed E-state index contributed by atoms with van der Waals surface area (Å²) in [5.41, 5.74) is 2.80. The van der Waals surface area contributed by atoms with Crippen molar-refractivity contribution in [3.8, 4) is 0 Å². The first-order valence-electron chi connectivity index (χ1n) is 6.23. The van der Waals surface area contributed by atoms with Crippen molar-refractivity contribution in [2.45, 2.75) is 38.1 Å². The van der Waals surface area contributed by atoms with E-state index in [0.29, 0.717) is 13.0 Å². The van der Waals surface area contributed by atoms with Crippen LogP contribution in [0.1, 0.15) is 32.1 Å². The van der Waals surface area contributed by atoms with Gasteiger partial charge in [-0.3, -0.25) is 5.43 Å². The number of amides is 2. The lowest BCUT2D eigenvalue weighted by Gasteiger charge is -2.30. The van der Waals surface area contributed by atoms with Crippen LogP contribution in [0.5, 0.6) is 0 Å². The lowest BCUT2D eigenvalue weighted by atomic mass is 10.2. The Morgan fingerprint density at radius 2 is 1.76 bits per heavy atom. The first kappa shape index (κ1) is 12.2. The Balaban J connectivity index is 1.88. The first-order chi connectivity index (χ1) is 8.18. The van der Waals surface area contributed by atoms with E-state index in [-0.39, 0.29) is 6.03 Å². The van der Waals surface area contributed by atoms with Gasteiger partial charge in [0, 0.05) is 19.6 Å². The number of nitrogens with one attached hydrogen (secondary N) is 1. The van der Waals surface area contributed by atoms with Crippen LogP contribution in [0.15, 0.2) is 0 Å². The van der Waals surface area contributed by atoms with E-state index >= 15 is 0 Å². The lowest BCUT2D eigenvalue weighted by molar-refractivity contribution is -0.141. The third-order valence-corrected chi connectivity index (χ3v) is 3.41. The van der Waals surface area contributed by atoms with E-state index in [4.69, 9.17) is 5.11 Å². The summed E-state index contributed by atoms with van der Waals surface area (Å²) in [6, 6.07) is -0.920. The van der Waals surface area contributed by atoms with Crippen molar-refractivity contribution in [1.82, 2.24) is 15.3 Å². The van der Waals surface area contributed by atoms with Crippen LogP contribution in [0.25, 0.3) is 0 Å². The summed E-state index contributed by atoms with van der Waals surface area (Å²) in [5, 5.41) is 10.9. The summed E-state index contributed by atoms with van der Waals surface area (Å²) >= 11 is 0. The minimum atomic E-state index is -0.906. The Kier molecular flexibility index (Phi) is 3.83. The molecule has 2 rings (SSSR count). The van der Waals surface area contributed by atoms with Crippen molar-refractivity contribution < 1.29 is 14.7 Å². The molecule has 2 aliphatic rings. The van der Waals surface area contributed by atoms with E-state index < -0.39 is 12.0 Å². The van der Waals surface area contributed by atoms with Crippen LogP contribution in [0.3, 0.4) is 0 Å². The number of hydrogen-bond donors (Lipinski definition) is 2. The minimum absolute atomic E-state index is 0.267. The molecule has 0 aromatic rings. The zero-order valence-corrected chi connectivity index (χ0v) is 9.89. The fourth-order valence-electron chi connectivity index (χ4n) is 2.47. The highest BCUT2D eigenvalue weighted by molar-refractivity contribution is 5.83. The summed E-state index contributed by atoms with van der Waals surface area (Å²) in [7, 11) is 0. The van der Waals surface area contributed by atoms with Crippen molar-refractivity contribution in [2.75, 3.05) is 19.6 Å². The third-order valence-electron chi connectivity index (χ3n) is 3.41. The molecule has 17 heavy (non-hydrogen) atoms. The van der Waals surface area contributed by atoms with Crippen LogP contribution in [0.2, 0.25) is 0 Å². The zero-order chi connectivity index (χ0) is 12.3. The number of likely N-dealkylation sites (tertiary alicyclic amines) is 1. The molecule has 2 fully saturated rings.